The van der Waals surface area contributed by atoms with Crippen molar-refractivity contribution in [1.82, 2.24) is 10.7 Å². The molecule has 1 amide bonds. The van der Waals surface area contributed by atoms with Crippen molar-refractivity contribution in [3.8, 4) is 0 Å². The molecule has 0 saturated carbocycles. The van der Waals surface area contributed by atoms with Crippen molar-refractivity contribution >= 4 is 30.7 Å². The first kappa shape index (κ1) is 13.6. The predicted octanol–water partition coefficient (Wildman–Crippen LogP) is -0.571. The SMILES string of the molecule is Cl.Cl.NNC(=O)C1CCNC1. The van der Waals surface area contributed by atoms with Crippen molar-refractivity contribution in [2.75, 3.05) is 13.1 Å². The summed E-state index contributed by atoms with van der Waals surface area (Å²) in [4.78, 5) is 10.7. The zero-order valence-electron chi connectivity index (χ0n) is 6.00. The fraction of sp³-hybridized carbons (Fsp3) is 0.800. The third-order valence-corrected chi connectivity index (χ3v) is 1.57. The van der Waals surface area contributed by atoms with Crippen LogP contribution in [-0.4, -0.2) is 19.0 Å². The van der Waals surface area contributed by atoms with Gasteiger partial charge in [0.15, 0.2) is 0 Å². The van der Waals surface area contributed by atoms with E-state index >= 15 is 0 Å². The minimum atomic E-state index is -0.0556. The molecule has 1 aliphatic rings. The molecule has 1 saturated heterocycles. The van der Waals surface area contributed by atoms with Crippen LogP contribution < -0.4 is 16.6 Å². The van der Waals surface area contributed by atoms with E-state index in [4.69, 9.17) is 5.84 Å². The van der Waals surface area contributed by atoms with E-state index in [-0.39, 0.29) is 36.6 Å². The van der Waals surface area contributed by atoms with Gasteiger partial charge in [-0.25, -0.2) is 5.84 Å². The highest BCUT2D eigenvalue weighted by Gasteiger charge is 2.20. The van der Waals surface area contributed by atoms with Gasteiger partial charge >= 0.3 is 0 Å². The maximum absolute atomic E-state index is 10.7. The fourth-order valence-corrected chi connectivity index (χ4v) is 0.996. The summed E-state index contributed by atoms with van der Waals surface area (Å²) in [6.45, 7) is 1.70. The van der Waals surface area contributed by atoms with Gasteiger partial charge in [0.1, 0.15) is 0 Å². The Morgan fingerprint density at radius 3 is 2.55 bits per heavy atom. The molecule has 4 nitrogen and oxygen atoms in total. The Morgan fingerprint density at radius 2 is 2.18 bits per heavy atom. The Labute approximate surface area is 78.1 Å². The maximum atomic E-state index is 10.7. The molecule has 68 valence electrons. The molecular formula is C5H13Cl2N3O. The van der Waals surface area contributed by atoms with Gasteiger partial charge in [-0.05, 0) is 13.0 Å². The van der Waals surface area contributed by atoms with Crippen molar-refractivity contribution in [2.24, 2.45) is 11.8 Å². The fourth-order valence-electron chi connectivity index (χ4n) is 0.996. The summed E-state index contributed by atoms with van der Waals surface area (Å²) in [5.74, 6) is 4.96. The molecule has 6 heteroatoms. The number of hydrazine groups is 1. The van der Waals surface area contributed by atoms with Crippen LogP contribution in [0.3, 0.4) is 0 Å². The summed E-state index contributed by atoms with van der Waals surface area (Å²) in [5, 5.41) is 3.07. The van der Waals surface area contributed by atoms with Crippen LogP contribution in [0.4, 0.5) is 0 Å². The number of amides is 1. The number of rotatable bonds is 1. The lowest BCUT2D eigenvalue weighted by molar-refractivity contribution is -0.124. The second kappa shape index (κ2) is 6.67. The lowest BCUT2D eigenvalue weighted by Crippen LogP contribution is -2.36. The standard InChI is InChI=1S/C5H11N3O.2ClH/c6-8-5(9)4-1-2-7-3-4;;/h4,7H,1-3,6H2,(H,8,9);2*1H. The Hall–Kier alpha value is -0.0300. The van der Waals surface area contributed by atoms with Crippen LogP contribution in [0.15, 0.2) is 0 Å². The molecule has 0 spiro atoms. The minimum absolute atomic E-state index is 0. The van der Waals surface area contributed by atoms with Gasteiger partial charge < -0.3 is 5.32 Å². The molecule has 1 fully saturated rings. The average Bonchev–Trinajstić information content (AvgIpc) is 2.37. The van der Waals surface area contributed by atoms with E-state index in [0.717, 1.165) is 19.5 Å². The van der Waals surface area contributed by atoms with E-state index in [1.807, 2.05) is 0 Å². The van der Waals surface area contributed by atoms with E-state index < -0.39 is 0 Å². The Bertz CT molecular complexity index is 116. The zero-order valence-corrected chi connectivity index (χ0v) is 7.63. The smallest absolute Gasteiger partial charge is 0.238 e. The van der Waals surface area contributed by atoms with Gasteiger partial charge in [-0.15, -0.1) is 24.8 Å². The third-order valence-electron chi connectivity index (χ3n) is 1.57. The summed E-state index contributed by atoms with van der Waals surface area (Å²) in [5.41, 5.74) is 2.13. The molecule has 0 aliphatic carbocycles. The lowest BCUT2D eigenvalue weighted by Gasteiger charge is -2.03. The molecule has 1 atom stereocenters. The number of nitrogens with two attached hydrogens (primary N) is 1. The van der Waals surface area contributed by atoms with Crippen molar-refractivity contribution in [3.05, 3.63) is 0 Å². The first-order chi connectivity index (χ1) is 4.34. The molecular weight excluding hydrogens is 189 g/mol. The van der Waals surface area contributed by atoms with Crippen LogP contribution in [0.5, 0.6) is 0 Å². The van der Waals surface area contributed by atoms with Crippen molar-refractivity contribution in [2.45, 2.75) is 6.42 Å². The summed E-state index contributed by atoms with van der Waals surface area (Å²) in [7, 11) is 0. The molecule has 0 aromatic rings. The first-order valence-corrected chi connectivity index (χ1v) is 3.06. The van der Waals surface area contributed by atoms with E-state index in [0.29, 0.717) is 0 Å². The van der Waals surface area contributed by atoms with E-state index in [1.54, 1.807) is 0 Å². The van der Waals surface area contributed by atoms with E-state index in [1.165, 1.54) is 0 Å². The molecule has 1 heterocycles. The molecule has 1 unspecified atom stereocenters. The van der Waals surface area contributed by atoms with Crippen molar-refractivity contribution in [3.63, 3.8) is 0 Å². The van der Waals surface area contributed by atoms with E-state index in [9.17, 15) is 4.79 Å². The van der Waals surface area contributed by atoms with Crippen LogP contribution in [0, 0.1) is 5.92 Å². The number of hydrogen-bond donors (Lipinski definition) is 3. The highest BCUT2D eigenvalue weighted by molar-refractivity contribution is 5.85. The normalized spacial score (nSPS) is 21.4. The van der Waals surface area contributed by atoms with Gasteiger partial charge in [0, 0.05) is 6.54 Å². The molecule has 0 aromatic carbocycles. The summed E-state index contributed by atoms with van der Waals surface area (Å²) in [6, 6.07) is 0. The molecule has 0 aromatic heterocycles. The molecule has 0 radical (unpaired) electrons. The van der Waals surface area contributed by atoms with Gasteiger partial charge in [-0.3, -0.25) is 10.2 Å². The summed E-state index contributed by atoms with van der Waals surface area (Å²) >= 11 is 0. The largest absolute Gasteiger partial charge is 0.316 e. The number of carbonyl (C=O) groups excluding carboxylic acids is 1. The quantitative estimate of drug-likeness (QED) is 0.303. The molecule has 1 aliphatic heterocycles. The van der Waals surface area contributed by atoms with Gasteiger partial charge in [-0.2, -0.15) is 0 Å². The summed E-state index contributed by atoms with van der Waals surface area (Å²) in [6.07, 6.45) is 0.906. The van der Waals surface area contributed by atoms with Crippen LogP contribution in [0.1, 0.15) is 6.42 Å². The van der Waals surface area contributed by atoms with Crippen LogP contribution in [0.25, 0.3) is 0 Å². The Kier molecular flexibility index (Phi) is 8.21. The van der Waals surface area contributed by atoms with Gasteiger partial charge in [-0.1, -0.05) is 0 Å². The monoisotopic (exact) mass is 201 g/mol. The van der Waals surface area contributed by atoms with Gasteiger partial charge in [0.2, 0.25) is 5.91 Å². The third kappa shape index (κ3) is 3.76. The molecule has 11 heavy (non-hydrogen) atoms. The Morgan fingerprint density at radius 1 is 1.55 bits per heavy atom. The maximum Gasteiger partial charge on any atom is 0.238 e. The van der Waals surface area contributed by atoms with Crippen LogP contribution >= 0.6 is 24.8 Å². The zero-order chi connectivity index (χ0) is 6.69. The molecule has 4 N–H and O–H groups in total. The molecule has 0 bridgehead atoms. The molecule has 1 rings (SSSR count). The number of carbonyl (C=O) groups is 1. The van der Waals surface area contributed by atoms with E-state index in [2.05, 4.69) is 10.7 Å². The predicted molar refractivity (Wildman–Crippen MR) is 47.8 cm³/mol. The van der Waals surface area contributed by atoms with Crippen molar-refractivity contribution < 1.29 is 4.79 Å². The second-order valence-corrected chi connectivity index (χ2v) is 2.20. The van der Waals surface area contributed by atoms with Gasteiger partial charge in [0.25, 0.3) is 0 Å². The minimum Gasteiger partial charge on any atom is -0.316 e. The van der Waals surface area contributed by atoms with Crippen LogP contribution in [-0.2, 0) is 4.79 Å². The Balaban J connectivity index is 0. The van der Waals surface area contributed by atoms with Gasteiger partial charge in [0.05, 0.1) is 5.92 Å². The highest BCUT2D eigenvalue weighted by atomic mass is 35.5. The first-order valence-electron chi connectivity index (χ1n) is 3.06. The highest BCUT2D eigenvalue weighted by Crippen LogP contribution is 2.05. The van der Waals surface area contributed by atoms with Crippen LogP contribution in [0.2, 0.25) is 0 Å². The second-order valence-electron chi connectivity index (χ2n) is 2.20. The number of hydrogen-bond acceptors (Lipinski definition) is 3. The summed E-state index contributed by atoms with van der Waals surface area (Å²) < 4.78 is 0. The topological polar surface area (TPSA) is 67.1 Å². The lowest BCUT2D eigenvalue weighted by atomic mass is 10.1. The number of nitrogens with one attached hydrogen (secondary N) is 2. The number of halogens is 2. The average molecular weight is 202 g/mol. The van der Waals surface area contributed by atoms with Crippen molar-refractivity contribution in [1.29, 1.82) is 0 Å².